The van der Waals surface area contributed by atoms with Crippen LogP contribution < -0.4 is 0 Å². The Morgan fingerprint density at radius 3 is 2.24 bits per heavy atom. The fourth-order valence-electron chi connectivity index (χ4n) is 3.29. The predicted molar refractivity (Wildman–Crippen MR) is 93.6 cm³/mol. The van der Waals surface area contributed by atoms with Crippen molar-refractivity contribution in [3.63, 3.8) is 0 Å². The van der Waals surface area contributed by atoms with Crippen LogP contribution in [0.5, 0.6) is 0 Å². The normalized spacial score (nSPS) is 21.5. The van der Waals surface area contributed by atoms with Crippen LogP contribution in [0.2, 0.25) is 0 Å². The fraction of sp³-hybridized carbons (Fsp3) is 0.647. The number of ether oxygens (including phenoxy) is 1. The number of halogens is 1. The molecule has 25 heavy (non-hydrogen) atoms. The molecule has 1 aromatic carbocycles. The van der Waals surface area contributed by atoms with Crippen LogP contribution in [-0.2, 0) is 14.8 Å². The van der Waals surface area contributed by atoms with E-state index in [1.165, 1.54) is 16.4 Å². The second kappa shape index (κ2) is 8.09. The molecule has 8 heteroatoms. The Kier molecular flexibility index (Phi) is 6.06. The van der Waals surface area contributed by atoms with Crippen LogP contribution in [0.3, 0.4) is 0 Å². The third-order valence-corrected chi connectivity index (χ3v) is 6.98. The van der Waals surface area contributed by atoms with E-state index in [-0.39, 0.29) is 4.90 Å². The molecule has 2 fully saturated rings. The molecule has 3 rings (SSSR count). The molecule has 0 N–H and O–H groups in total. The molecule has 0 unspecified atom stereocenters. The predicted octanol–water partition coefficient (Wildman–Crippen LogP) is 0.773. The van der Waals surface area contributed by atoms with Crippen molar-refractivity contribution in [3.05, 3.63) is 29.6 Å². The van der Waals surface area contributed by atoms with Crippen LogP contribution >= 0.6 is 0 Å². The highest BCUT2D eigenvalue weighted by atomic mass is 32.2. The van der Waals surface area contributed by atoms with E-state index in [0.717, 1.165) is 45.5 Å². The van der Waals surface area contributed by atoms with Gasteiger partial charge in [-0.25, -0.2) is 12.8 Å². The number of piperazine rings is 1. The van der Waals surface area contributed by atoms with Crippen LogP contribution in [0, 0.1) is 12.7 Å². The van der Waals surface area contributed by atoms with Gasteiger partial charge >= 0.3 is 0 Å². The molecular weight excluding hydrogens is 345 g/mol. The van der Waals surface area contributed by atoms with Crippen molar-refractivity contribution in [2.75, 3.05) is 65.6 Å². The standard InChI is InChI=1S/C17H26FN3O3S/c1-15-2-3-16(18)14-17(15)25(22,23)21-8-6-19(7-9-21)4-5-20-10-12-24-13-11-20/h2-3,14H,4-13H2,1H3. The number of nitrogens with zero attached hydrogens (tertiary/aromatic N) is 3. The maximum Gasteiger partial charge on any atom is 0.243 e. The van der Waals surface area contributed by atoms with Crippen molar-refractivity contribution in [1.82, 2.24) is 14.1 Å². The number of hydrogen-bond donors (Lipinski definition) is 0. The molecule has 2 heterocycles. The molecule has 140 valence electrons. The molecular formula is C17H26FN3O3S. The number of sulfonamides is 1. The minimum absolute atomic E-state index is 0.0780. The van der Waals surface area contributed by atoms with Crippen LogP contribution in [0.4, 0.5) is 4.39 Å². The van der Waals surface area contributed by atoms with Crippen molar-refractivity contribution < 1.29 is 17.5 Å². The molecule has 0 saturated carbocycles. The van der Waals surface area contributed by atoms with E-state index >= 15 is 0 Å². The van der Waals surface area contributed by atoms with Gasteiger partial charge in [-0.1, -0.05) is 6.07 Å². The Morgan fingerprint density at radius 2 is 1.60 bits per heavy atom. The molecule has 1 aromatic rings. The topological polar surface area (TPSA) is 53.1 Å². The lowest BCUT2D eigenvalue weighted by atomic mass is 10.2. The molecule has 0 radical (unpaired) electrons. The van der Waals surface area contributed by atoms with Crippen molar-refractivity contribution in [2.24, 2.45) is 0 Å². The maximum absolute atomic E-state index is 13.5. The Labute approximate surface area is 149 Å². The van der Waals surface area contributed by atoms with Gasteiger partial charge in [-0.15, -0.1) is 0 Å². The smallest absolute Gasteiger partial charge is 0.243 e. The highest BCUT2D eigenvalue weighted by Gasteiger charge is 2.30. The van der Waals surface area contributed by atoms with Gasteiger partial charge in [0.15, 0.2) is 0 Å². The summed E-state index contributed by atoms with van der Waals surface area (Å²) in [6, 6.07) is 3.92. The third-order valence-electron chi connectivity index (χ3n) is 4.94. The number of aryl methyl sites for hydroxylation is 1. The Bertz CT molecular complexity index is 684. The lowest BCUT2D eigenvalue weighted by Crippen LogP contribution is -2.50. The molecule has 0 aromatic heterocycles. The summed E-state index contributed by atoms with van der Waals surface area (Å²) >= 11 is 0. The first-order valence-electron chi connectivity index (χ1n) is 8.75. The summed E-state index contributed by atoms with van der Waals surface area (Å²) in [4.78, 5) is 4.75. The van der Waals surface area contributed by atoms with E-state index in [1.807, 2.05) is 0 Å². The number of hydrogen-bond acceptors (Lipinski definition) is 5. The van der Waals surface area contributed by atoms with E-state index in [0.29, 0.717) is 31.7 Å². The van der Waals surface area contributed by atoms with Gasteiger partial charge in [0.25, 0.3) is 0 Å². The summed E-state index contributed by atoms with van der Waals surface area (Å²) < 4.78 is 45.9. The van der Waals surface area contributed by atoms with Crippen LogP contribution in [0.1, 0.15) is 5.56 Å². The van der Waals surface area contributed by atoms with E-state index in [1.54, 1.807) is 6.92 Å². The quantitative estimate of drug-likeness (QED) is 0.765. The summed E-state index contributed by atoms with van der Waals surface area (Å²) in [6.07, 6.45) is 0. The van der Waals surface area contributed by atoms with E-state index in [2.05, 4.69) is 9.80 Å². The van der Waals surface area contributed by atoms with Crippen molar-refractivity contribution in [2.45, 2.75) is 11.8 Å². The van der Waals surface area contributed by atoms with Crippen LogP contribution in [0.15, 0.2) is 23.1 Å². The lowest BCUT2D eigenvalue weighted by molar-refractivity contribution is 0.0317. The molecule has 0 aliphatic carbocycles. The SMILES string of the molecule is Cc1ccc(F)cc1S(=O)(=O)N1CCN(CCN2CCOCC2)CC1. The highest BCUT2D eigenvalue weighted by molar-refractivity contribution is 7.89. The van der Waals surface area contributed by atoms with E-state index < -0.39 is 15.8 Å². The van der Waals surface area contributed by atoms with Gasteiger partial charge in [0.1, 0.15) is 5.82 Å². The Morgan fingerprint density at radius 1 is 1.00 bits per heavy atom. The average Bonchev–Trinajstić information content (AvgIpc) is 2.63. The molecule has 2 saturated heterocycles. The van der Waals surface area contributed by atoms with Crippen molar-refractivity contribution in [3.8, 4) is 0 Å². The first-order chi connectivity index (χ1) is 12.0. The molecule has 0 amide bonds. The zero-order valence-electron chi connectivity index (χ0n) is 14.7. The van der Waals surface area contributed by atoms with Gasteiger partial charge in [-0.2, -0.15) is 4.31 Å². The fourth-order valence-corrected chi connectivity index (χ4v) is 4.95. The first-order valence-corrected chi connectivity index (χ1v) is 10.2. The van der Waals surface area contributed by atoms with E-state index in [9.17, 15) is 12.8 Å². The largest absolute Gasteiger partial charge is 0.379 e. The summed E-state index contributed by atoms with van der Waals surface area (Å²) in [5.74, 6) is -0.520. The first kappa shape index (κ1) is 18.7. The van der Waals surface area contributed by atoms with E-state index in [4.69, 9.17) is 4.74 Å². The van der Waals surface area contributed by atoms with Gasteiger partial charge < -0.3 is 4.74 Å². The van der Waals surface area contributed by atoms with Gasteiger partial charge in [-0.05, 0) is 24.6 Å². The molecule has 0 atom stereocenters. The zero-order valence-corrected chi connectivity index (χ0v) is 15.5. The highest BCUT2D eigenvalue weighted by Crippen LogP contribution is 2.22. The summed E-state index contributed by atoms with van der Waals surface area (Å²) in [5, 5.41) is 0. The summed E-state index contributed by atoms with van der Waals surface area (Å²) in [7, 11) is -3.63. The summed E-state index contributed by atoms with van der Waals surface area (Å²) in [6.45, 7) is 9.44. The monoisotopic (exact) mass is 371 g/mol. The number of benzene rings is 1. The van der Waals surface area contributed by atoms with Gasteiger partial charge in [0, 0.05) is 52.4 Å². The molecule has 0 spiro atoms. The van der Waals surface area contributed by atoms with Crippen LogP contribution in [-0.4, -0.2) is 88.1 Å². The van der Waals surface area contributed by atoms with Gasteiger partial charge in [0.05, 0.1) is 18.1 Å². The third kappa shape index (κ3) is 4.57. The summed E-state index contributed by atoms with van der Waals surface area (Å²) in [5.41, 5.74) is 0.580. The van der Waals surface area contributed by atoms with Crippen molar-refractivity contribution in [1.29, 1.82) is 0 Å². The van der Waals surface area contributed by atoms with Crippen LogP contribution in [0.25, 0.3) is 0 Å². The second-order valence-electron chi connectivity index (χ2n) is 6.61. The number of morpholine rings is 1. The Balaban J connectivity index is 1.55. The molecule has 0 bridgehead atoms. The minimum atomic E-state index is -3.63. The second-order valence-corrected chi connectivity index (χ2v) is 8.52. The average molecular weight is 371 g/mol. The maximum atomic E-state index is 13.5. The van der Waals surface area contributed by atoms with Crippen molar-refractivity contribution >= 4 is 10.0 Å². The molecule has 2 aliphatic rings. The number of rotatable bonds is 5. The zero-order chi connectivity index (χ0) is 17.9. The lowest BCUT2D eigenvalue weighted by Gasteiger charge is -2.36. The molecule has 2 aliphatic heterocycles. The minimum Gasteiger partial charge on any atom is -0.379 e. The van der Waals surface area contributed by atoms with Gasteiger partial charge in [-0.3, -0.25) is 9.80 Å². The Hall–Kier alpha value is -1.06. The van der Waals surface area contributed by atoms with Gasteiger partial charge in [0.2, 0.25) is 10.0 Å². The molecule has 6 nitrogen and oxygen atoms in total.